The minimum Gasteiger partial charge on any atom is -0.345 e. The topological polar surface area (TPSA) is 42.2 Å². The van der Waals surface area contributed by atoms with Crippen LogP contribution in [0.5, 0.6) is 0 Å². The van der Waals surface area contributed by atoms with Crippen LogP contribution in [0.3, 0.4) is 0 Å². The van der Waals surface area contributed by atoms with Crippen LogP contribution in [0.4, 0.5) is 0 Å². The molecule has 2 atom stereocenters. The molecule has 3 nitrogen and oxygen atoms in total. The highest BCUT2D eigenvalue weighted by molar-refractivity contribution is 5.78. The van der Waals surface area contributed by atoms with Gasteiger partial charge in [-0.05, 0) is 29.2 Å². The Morgan fingerprint density at radius 3 is 2.62 bits per heavy atom. The van der Waals surface area contributed by atoms with Crippen molar-refractivity contribution in [1.82, 2.24) is 0 Å². The van der Waals surface area contributed by atoms with Gasteiger partial charge in [0.15, 0.2) is 0 Å². The lowest BCUT2D eigenvalue weighted by Gasteiger charge is -2.42. The predicted octanol–water partition coefficient (Wildman–Crippen LogP) is 3.16. The van der Waals surface area contributed by atoms with Gasteiger partial charge in [0.25, 0.3) is 0 Å². The van der Waals surface area contributed by atoms with Gasteiger partial charge < -0.3 is 9.47 Å². The molecular weight excluding hydrogens is 262 g/mol. The second-order valence-corrected chi connectivity index (χ2v) is 7.14. The Morgan fingerprint density at radius 1 is 1.19 bits per heavy atom. The Balaban J connectivity index is 1.75. The zero-order valence-electron chi connectivity index (χ0n) is 12.4. The van der Waals surface area contributed by atoms with E-state index in [1.165, 1.54) is 16.7 Å². The fourth-order valence-corrected chi connectivity index (χ4v) is 3.74. The molecule has 1 spiro atoms. The molecule has 1 aromatic rings. The van der Waals surface area contributed by atoms with Gasteiger partial charge in [-0.3, -0.25) is 0 Å². The zero-order valence-corrected chi connectivity index (χ0v) is 12.4. The molecule has 1 heterocycles. The van der Waals surface area contributed by atoms with Gasteiger partial charge in [-0.2, -0.15) is 5.26 Å². The van der Waals surface area contributed by atoms with Crippen molar-refractivity contribution < 1.29 is 9.47 Å². The minimum absolute atomic E-state index is 0.0133. The Hall–Kier alpha value is -1.63. The van der Waals surface area contributed by atoms with Crippen molar-refractivity contribution in [3.8, 4) is 6.07 Å². The third kappa shape index (κ3) is 1.79. The normalized spacial score (nSPS) is 31.4. The first kappa shape index (κ1) is 13.1. The van der Waals surface area contributed by atoms with E-state index in [1.807, 2.05) is 0 Å². The maximum atomic E-state index is 9.70. The summed E-state index contributed by atoms with van der Waals surface area (Å²) >= 11 is 0. The number of hydrogen-bond donors (Lipinski definition) is 0. The van der Waals surface area contributed by atoms with E-state index in [1.54, 1.807) is 0 Å². The SMILES string of the molecule is CC1(C)COC2(C=C3c4ccccc4C[C@@H]3[C@H]2C#N)OC1. The average molecular weight is 281 g/mol. The largest absolute Gasteiger partial charge is 0.345 e. The smallest absolute Gasteiger partial charge is 0.205 e. The second kappa shape index (κ2) is 4.19. The number of benzene rings is 1. The highest BCUT2D eigenvalue weighted by atomic mass is 16.7. The van der Waals surface area contributed by atoms with E-state index < -0.39 is 5.79 Å². The third-order valence-electron chi connectivity index (χ3n) is 4.88. The van der Waals surface area contributed by atoms with Crippen molar-refractivity contribution in [3.63, 3.8) is 0 Å². The number of hydrogen-bond acceptors (Lipinski definition) is 3. The van der Waals surface area contributed by atoms with Crippen molar-refractivity contribution in [2.24, 2.45) is 17.3 Å². The van der Waals surface area contributed by atoms with Crippen LogP contribution in [0.2, 0.25) is 0 Å². The monoisotopic (exact) mass is 281 g/mol. The molecule has 0 bridgehead atoms. The van der Waals surface area contributed by atoms with E-state index in [9.17, 15) is 5.26 Å². The van der Waals surface area contributed by atoms with Crippen molar-refractivity contribution in [2.45, 2.75) is 26.1 Å². The molecule has 0 amide bonds. The fraction of sp³-hybridized carbons (Fsp3) is 0.500. The van der Waals surface area contributed by atoms with Crippen LogP contribution in [0.1, 0.15) is 25.0 Å². The fourth-order valence-electron chi connectivity index (χ4n) is 3.74. The molecule has 108 valence electrons. The lowest BCUT2D eigenvalue weighted by molar-refractivity contribution is -0.286. The number of ether oxygens (including phenoxy) is 2. The average Bonchev–Trinajstić information content (AvgIpc) is 2.95. The Bertz CT molecular complexity index is 658. The number of rotatable bonds is 0. The quantitative estimate of drug-likeness (QED) is 0.733. The van der Waals surface area contributed by atoms with E-state index in [4.69, 9.17) is 9.47 Å². The first-order chi connectivity index (χ1) is 10.0. The summed E-state index contributed by atoms with van der Waals surface area (Å²) in [5, 5.41) is 9.70. The molecule has 2 aliphatic carbocycles. The Kier molecular flexibility index (Phi) is 2.61. The maximum absolute atomic E-state index is 9.70. The van der Waals surface area contributed by atoms with Crippen LogP contribution >= 0.6 is 0 Å². The van der Waals surface area contributed by atoms with Gasteiger partial charge in [0, 0.05) is 11.3 Å². The van der Waals surface area contributed by atoms with Crippen molar-refractivity contribution >= 4 is 5.57 Å². The van der Waals surface area contributed by atoms with Gasteiger partial charge in [-0.25, -0.2) is 0 Å². The first-order valence-electron chi connectivity index (χ1n) is 7.53. The van der Waals surface area contributed by atoms with Gasteiger partial charge in [-0.1, -0.05) is 38.1 Å². The summed E-state index contributed by atoms with van der Waals surface area (Å²) in [6.07, 6.45) is 2.99. The number of nitriles is 1. The molecule has 0 radical (unpaired) electrons. The van der Waals surface area contributed by atoms with Gasteiger partial charge in [0.2, 0.25) is 5.79 Å². The standard InChI is InChI=1S/C18H19NO2/c1-17(2)10-20-18(21-11-17)8-15-13-6-4-3-5-12(13)7-14(15)16(18)9-19/h3-6,8,14,16H,7,10-11H2,1-2H3/t14-,16+/m0/s1. The van der Waals surface area contributed by atoms with Gasteiger partial charge in [0.1, 0.15) is 5.92 Å². The second-order valence-electron chi connectivity index (χ2n) is 7.14. The van der Waals surface area contributed by atoms with Crippen LogP contribution in [0, 0.1) is 28.6 Å². The van der Waals surface area contributed by atoms with E-state index in [-0.39, 0.29) is 17.3 Å². The van der Waals surface area contributed by atoms with E-state index in [2.05, 4.69) is 50.3 Å². The van der Waals surface area contributed by atoms with Crippen LogP contribution < -0.4 is 0 Å². The summed E-state index contributed by atoms with van der Waals surface area (Å²) in [5.41, 5.74) is 3.84. The Morgan fingerprint density at radius 2 is 1.90 bits per heavy atom. The first-order valence-corrected chi connectivity index (χ1v) is 7.53. The predicted molar refractivity (Wildman–Crippen MR) is 79.1 cm³/mol. The molecule has 0 saturated carbocycles. The van der Waals surface area contributed by atoms with Crippen LogP contribution in [0.15, 0.2) is 30.3 Å². The van der Waals surface area contributed by atoms with Gasteiger partial charge >= 0.3 is 0 Å². The van der Waals surface area contributed by atoms with Crippen molar-refractivity contribution in [3.05, 3.63) is 41.5 Å². The van der Waals surface area contributed by atoms with E-state index >= 15 is 0 Å². The van der Waals surface area contributed by atoms with Crippen molar-refractivity contribution in [2.75, 3.05) is 13.2 Å². The minimum atomic E-state index is -0.836. The summed E-state index contributed by atoms with van der Waals surface area (Å²) in [6.45, 7) is 5.51. The highest BCUT2D eigenvalue weighted by Gasteiger charge is 2.55. The van der Waals surface area contributed by atoms with Crippen LogP contribution in [-0.4, -0.2) is 19.0 Å². The molecule has 1 aromatic carbocycles. The zero-order chi connectivity index (χ0) is 14.7. The number of allylic oxidation sites excluding steroid dienone is 1. The summed E-state index contributed by atoms with van der Waals surface area (Å²) in [7, 11) is 0. The lowest BCUT2D eigenvalue weighted by atomic mass is 9.87. The molecule has 21 heavy (non-hydrogen) atoms. The van der Waals surface area contributed by atoms with Gasteiger partial charge in [0.05, 0.1) is 19.3 Å². The van der Waals surface area contributed by atoms with Crippen molar-refractivity contribution in [1.29, 1.82) is 5.26 Å². The molecule has 1 aliphatic heterocycles. The summed E-state index contributed by atoms with van der Waals surface area (Å²) in [4.78, 5) is 0. The molecule has 0 unspecified atom stereocenters. The third-order valence-corrected chi connectivity index (χ3v) is 4.88. The Labute approximate surface area is 125 Å². The molecule has 4 rings (SSSR count). The molecular formula is C18H19NO2. The summed E-state index contributed by atoms with van der Waals surface area (Å²) in [5.74, 6) is -0.887. The lowest BCUT2D eigenvalue weighted by Crippen LogP contribution is -2.50. The molecule has 1 fully saturated rings. The van der Waals surface area contributed by atoms with E-state index in [0.29, 0.717) is 13.2 Å². The number of fused-ring (bicyclic) bond motifs is 3. The molecule has 0 N–H and O–H groups in total. The molecule has 3 aliphatic rings. The molecule has 3 heteroatoms. The van der Waals surface area contributed by atoms with Crippen LogP contribution in [0.25, 0.3) is 5.57 Å². The van der Waals surface area contributed by atoms with Gasteiger partial charge in [-0.15, -0.1) is 0 Å². The summed E-state index contributed by atoms with van der Waals surface area (Å²) < 4.78 is 12.2. The maximum Gasteiger partial charge on any atom is 0.205 e. The summed E-state index contributed by atoms with van der Waals surface area (Å²) in [6, 6.07) is 10.9. The number of nitrogens with zero attached hydrogens (tertiary/aromatic N) is 1. The highest BCUT2D eigenvalue weighted by Crippen LogP contribution is 2.53. The molecule has 0 aromatic heterocycles. The molecule has 1 saturated heterocycles. The van der Waals surface area contributed by atoms with Crippen LogP contribution in [-0.2, 0) is 15.9 Å². The van der Waals surface area contributed by atoms with E-state index in [0.717, 1.165) is 6.42 Å².